The minimum Gasteiger partial charge on any atom is -0.330 e. The first kappa shape index (κ1) is 14.5. The standard InChI is InChI=1S/C11H26ClNSi/c1-3-5-9-14(12,10-6-4-2)11-7-8-13/h3-11,13H2,1-2H3. The summed E-state index contributed by atoms with van der Waals surface area (Å²) in [5, 5.41) is 0. The largest absolute Gasteiger partial charge is 0.330 e. The normalized spacial score (nSPS) is 12.0. The predicted molar refractivity (Wildman–Crippen MR) is 69.5 cm³/mol. The lowest BCUT2D eigenvalue weighted by molar-refractivity contribution is 0.816. The zero-order valence-electron chi connectivity index (χ0n) is 9.82. The fourth-order valence-electron chi connectivity index (χ4n) is 1.78. The summed E-state index contributed by atoms with van der Waals surface area (Å²) in [4.78, 5) is 0. The Morgan fingerprint density at radius 1 is 0.929 bits per heavy atom. The Balaban J connectivity index is 3.89. The molecule has 2 N–H and O–H groups in total. The van der Waals surface area contributed by atoms with Crippen molar-refractivity contribution in [2.45, 2.75) is 64.1 Å². The number of hydrogen-bond donors (Lipinski definition) is 1. The van der Waals surface area contributed by atoms with Gasteiger partial charge in [-0.2, -0.15) is 11.1 Å². The van der Waals surface area contributed by atoms with Gasteiger partial charge in [-0.25, -0.2) is 0 Å². The van der Waals surface area contributed by atoms with Gasteiger partial charge in [0.1, 0.15) is 0 Å². The molecule has 0 aliphatic rings. The Morgan fingerprint density at radius 3 is 1.71 bits per heavy atom. The summed E-state index contributed by atoms with van der Waals surface area (Å²) in [6, 6.07) is 3.82. The molecule has 0 aliphatic carbocycles. The van der Waals surface area contributed by atoms with Gasteiger partial charge in [0.25, 0.3) is 0 Å². The molecule has 0 heterocycles. The van der Waals surface area contributed by atoms with Crippen molar-refractivity contribution >= 4 is 18.5 Å². The second-order valence-electron chi connectivity index (χ2n) is 4.25. The topological polar surface area (TPSA) is 26.0 Å². The van der Waals surface area contributed by atoms with Crippen molar-refractivity contribution in [3.8, 4) is 0 Å². The Hall–Kier alpha value is 0.467. The average Bonchev–Trinajstić information content (AvgIpc) is 2.21. The van der Waals surface area contributed by atoms with Crippen LogP contribution in [0.15, 0.2) is 0 Å². The van der Waals surface area contributed by atoms with Gasteiger partial charge in [0.05, 0.1) is 0 Å². The Morgan fingerprint density at radius 2 is 1.36 bits per heavy atom. The smallest absolute Gasteiger partial charge is 0.156 e. The summed E-state index contributed by atoms with van der Waals surface area (Å²) in [6.45, 7) is 5.29. The van der Waals surface area contributed by atoms with Crippen molar-refractivity contribution in [1.82, 2.24) is 0 Å². The lowest BCUT2D eigenvalue weighted by atomic mass is 10.4. The second kappa shape index (κ2) is 8.75. The zero-order valence-corrected chi connectivity index (χ0v) is 11.6. The first-order valence-electron chi connectivity index (χ1n) is 6.07. The minimum absolute atomic E-state index is 0.805. The van der Waals surface area contributed by atoms with E-state index in [1.165, 1.54) is 43.8 Å². The lowest BCUT2D eigenvalue weighted by Gasteiger charge is -2.24. The summed E-state index contributed by atoms with van der Waals surface area (Å²) in [5.74, 6) is 0. The molecular weight excluding hydrogens is 210 g/mol. The van der Waals surface area contributed by atoms with Gasteiger partial charge in [-0.1, -0.05) is 39.5 Å². The Bertz CT molecular complexity index is 109. The third kappa shape index (κ3) is 6.85. The van der Waals surface area contributed by atoms with Crippen LogP contribution in [0.2, 0.25) is 18.1 Å². The highest BCUT2D eigenvalue weighted by molar-refractivity contribution is 7.20. The van der Waals surface area contributed by atoms with Crippen LogP contribution in [0.3, 0.4) is 0 Å². The van der Waals surface area contributed by atoms with Gasteiger partial charge in [-0.15, -0.1) is 0 Å². The van der Waals surface area contributed by atoms with Crippen LogP contribution in [-0.2, 0) is 0 Å². The highest BCUT2D eigenvalue weighted by atomic mass is 35.6. The van der Waals surface area contributed by atoms with Gasteiger partial charge in [0.15, 0.2) is 7.38 Å². The fourth-order valence-corrected chi connectivity index (χ4v) is 6.55. The monoisotopic (exact) mass is 235 g/mol. The molecule has 0 rings (SSSR count). The molecule has 0 saturated heterocycles. The van der Waals surface area contributed by atoms with E-state index in [1.54, 1.807) is 0 Å². The van der Waals surface area contributed by atoms with E-state index >= 15 is 0 Å². The molecule has 0 aromatic carbocycles. The third-order valence-corrected chi connectivity index (χ3v) is 8.24. The van der Waals surface area contributed by atoms with Gasteiger partial charge in [0, 0.05) is 0 Å². The SMILES string of the molecule is CCCC[Si](Cl)(CCCC)CCCN. The van der Waals surface area contributed by atoms with E-state index in [2.05, 4.69) is 13.8 Å². The van der Waals surface area contributed by atoms with Crippen molar-refractivity contribution < 1.29 is 0 Å². The summed E-state index contributed by atoms with van der Waals surface area (Å²) in [5.41, 5.74) is 5.56. The molecule has 1 nitrogen and oxygen atoms in total. The van der Waals surface area contributed by atoms with E-state index in [1.807, 2.05) is 0 Å². The quantitative estimate of drug-likeness (QED) is 0.472. The van der Waals surface area contributed by atoms with Crippen LogP contribution in [0.5, 0.6) is 0 Å². The van der Waals surface area contributed by atoms with Gasteiger partial charge >= 0.3 is 0 Å². The van der Waals surface area contributed by atoms with Gasteiger partial charge in [0.2, 0.25) is 0 Å². The van der Waals surface area contributed by atoms with Crippen molar-refractivity contribution in [2.75, 3.05) is 6.54 Å². The molecule has 14 heavy (non-hydrogen) atoms. The molecule has 0 aliphatic heterocycles. The van der Waals surface area contributed by atoms with Crippen LogP contribution in [-0.4, -0.2) is 13.9 Å². The zero-order chi connectivity index (χ0) is 10.9. The van der Waals surface area contributed by atoms with Crippen LogP contribution in [0.1, 0.15) is 46.0 Å². The molecular formula is C11H26ClNSi. The van der Waals surface area contributed by atoms with Crippen LogP contribution < -0.4 is 5.73 Å². The summed E-state index contributed by atoms with van der Waals surface area (Å²) in [6.07, 6.45) is 6.30. The maximum absolute atomic E-state index is 6.76. The van der Waals surface area contributed by atoms with E-state index in [-0.39, 0.29) is 0 Å². The predicted octanol–water partition coefficient (Wildman–Crippen LogP) is 4.12. The van der Waals surface area contributed by atoms with Crippen molar-refractivity contribution in [3.05, 3.63) is 0 Å². The highest BCUT2D eigenvalue weighted by Crippen LogP contribution is 2.30. The van der Waals surface area contributed by atoms with Crippen molar-refractivity contribution in [1.29, 1.82) is 0 Å². The molecule has 0 radical (unpaired) electrons. The molecule has 0 fully saturated rings. The van der Waals surface area contributed by atoms with Gasteiger partial charge in [-0.3, -0.25) is 0 Å². The first-order chi connectivity index (χ1) is 6.68. The number of hydrogen-bond acceptors (Lipinski definition) is 1. The molecule has 0 saturated carbocycles. The molecule has 86 valence electrons. The van der Waals surface area contributed by atoms with Crippen LogP contribution >= 0.6 is 11.1 Å². The van der Waals surface area contributed by atoms with E-state index in [0.717, 1.165) is 13.0 Å². The molecule has 0 spiro atoms. The van der Waals surface area contributed by atoms with E-state index in [9.17, 15) is 0 Å². The Kier molecular flexibility index (Phi) is 9.04. The maximum Gasteiger partial charge on any atom is 0.156 e. The number of unbranched alkanes of at least 4 members (excludes halogenated alkanes) is 2. The van der Waals surface area contributed by atoms with Crippen LogP contribution in [0, 0.1) is 0 Å². The molecule has 0 aromatic heterocycles. The average molecular weight is 236 g/mol. The molecule has 0 atom stereocenters. The second-order valence-corrected chi connectivity index (χ2v) is 10.5. The molecule has 3 heteroatoms. The first-order valence-corrected chi connectivity index (χ1v) is 9.71. The molecule has 0 amide bonds. The third-order valence-electron chi connectivity index (χ3n) is 2.79. The van der Waals surface area contributed by atoms with Gasteiger partial charge < -0.3 is 5.73 Å². The number of nitrogens with two attached hydrogens (primary N) is 1. The lowest BCUT2D eigenvalue weighted by Crippen LogP contribution is -2.27. The number of halogens is 1. The molecule has 0 unspecified atom stereocenters. The minimum atomic E-state index is -1.42. The molecule has 0 bridgehead atoms. The molecule has 0 aromatic rings. The van der Waals surface area contributed by atoms with Crippen molar-refractivity contribution in [3.63, 3.8) is 0 Å². The highest BCUT2D eigenvalue weighted by Gasteiger charge is 2.28. The van der Waals surface area contributed by atoms with Gasteiger partial charge in [-0.05, 0) is 31.1 Å². The van der Waals surface area contributed by atoms with Crippen LogP contribution in [0.25, 0.3) is 0 Å². The van der Waals surface area contributed by atoms with E-state index in [0.29, 0.717) is 0 Å². The van der Waals surface area contributed by atoms with Crippen LogP contribution in [0.4, 0.5) is 0 Å². The van der Waals surface area contributed by atoms with Crippen molar-refractivity contribution in [2.24, 2.45) is 5.73 Å². The summed E-state index contributed by atoms with van der Waals surface area (Å²) >= 11 is 6.76. The maximum atomic E-state index is 6.76. The summed E-state index contributed by atoms with van der Waals surface area (Å²) in [7, 11) is -1.42. The fraction of sp³-hybridized carbons (Fsp3) is 1.00. The van der Waals surface area contributed by atoms with E-state index < -0.39 is 7.38 Å². The summed E-state index contributed by atoms with van der Waals surface area (Å²) < 4.78 is 0. The Labute approximate surface area is 95.1 Å². The van der Waals surface area contributed by atoms with E-state index in [4.69, 9.17) is 16.8 Å². The number of rotatable bonds is 9.